The molecule has 0 aliphatic rings. The summed E-state index contributed by atoms with van der Waals surface area (Å²) in [4.78, 5) is 50.5. The van der Waals surface area contributed by atoms with Crippen LogP contribution in [0.25, 0.3) is 0 Å². The van der Waals surface area contributed by atoms with Crippen LogP contribution >= 0.6 is 0 Å². The molecular formula is C20H17N3O5. The summed E-state index contributed by atoms with van der Waals surface area (Å²) in [7, 11) is 0. The highest BCUT2D eigenvalue weighted by Gasteiger charge is 2.13. The molecule has 3 aromatic rings. The Morgan fingerprint density at radius 3 is 2.39 bits per heavy atom. The molecule has 1 aromatic heterocycles. The van der Waals surface area contributed by atoms with Crippen LogP contribution < -0.4 is 16.6 Å². The average Bonchev–Trinajstić information content (AvgIpc) is 2.68. The predicted molar refractivity (Wildman–Crippen MR) is 102 cm³/mol. The summed E-state index contributed by atoms with van der Waals surface area (Å²) >= 11 is 0. The lowest BCUT2D eigenvalue weighted by molar-refractivity contribution is -0.119. The number of carbonyl (C=O) groups is 2. The van der Waals surface area contributed by atoms with E-state index < -0.39 is 29.7 Å². The Balaban J connectivity index is 1.63. The second-order valence-corrected chi connectivity index (χ2v) is 5.95. The van der Waals surface area contributed by atoms with Gasteiger partial charge in [-0.3, -0.25) is 14.6 Å². The van der Waals surface area contributed by atoms with Crippen LogP contribution in [0.15, 0.2) is 70.3 Å². The SMILES string of the molecule is O=C(COC(=O)c1cc(=O)[nH]c(=O)[nH]1)Nc1ccccc1Cc1ccccc1. The van der Waals surface area contributed by atoms with Gasteiger partial charge in [-0.2, -0.15) is 0 Å². The topological polar surface area (TPSA) is 121 Å². The minimum Gasteiger partial charge on any atom is -0.451 e. The monoisotopic (exact) mass is 379 g/mol. The van der Waals surface area contributed by atoms with E-state index in [-0.39, 0.29) is 5.69 Å². The minimum atomic E-state index is -0.976. The van der Waals surface area contributed by atoms with Crippen molar-refractivity contribution in [2.75, 3.05) is 11.9 Å². The lowest BCUT2D eigenvalue weighted by Crippen LogP contribution is -2.27. The molecule has 3 rings (SSSR count). The Kier molecular flexibility index (Phi) is 5.81. The third kappa shape index (κ3) is 5.04. The maximum atomic E-state index is 12.2. The number of carbonyl (C=O) groups excluding carboxylic acids is 2. The third-order valence-electron chi connectivity index (χ3n) is 3.84. The van der Waals surface area contributed by atoms with Gasteiger partial charge >= 0.3 is 11.7 Å². The molecule has 0 bridgehead atoms. The molecule has 28 heavy (non-hydrogen) atoms. The van der Waals surface area contributed by atoms with Gasteiger partial charge in [0, 0.05) is 11.8 Å². The first-order chi connectivity index (χ1) is 13.5. The summed E-state index contributed by atoms with van der Waals surface area (Å²) < 4.78 is 4.86. The number of aromatic nitrogens is 2. The normalized spacial score (nSPS) is 10.3. The lowest BCUT2D eigenvalue weighted by Gasteiger charge is -2.11. The van der Waals surface area contributed by atoms with Gasteiger partial charge in [0.05, 0.1) is 0 Å². The Morgan fingerprint density at radius 1 is 0.929 bits per heavy atom. The summed E-state index contributed by atoms with van der Waals surface area (Å²) in [5, 5.41) is 2.70. The molecular weight excluding hydrogens is 362 g/mol. The van der Waals surface area contributed by atoms with Crippen LogP contribution in [0.3, 0.4) is 0 Å². The van der Waals surface area contributed by atoms with Crippen molar-refractivity contribution in [2.45, 2.75) is 6.42 Å². The maximum Gasteiger partial charge on any atom is 0.355 e. The number of para-hydroxylation sites is 1. The Morgan fingerprint density at radius 2 is 1.64 bits per heavy atom. The quantitative estimate of drug-likeness (QED) is 0.560. The highest BCUT2D eigenvalue weighted by Crippen LogP contribution is 2.19. The lowest BCUT2D eigenvalue weighted by atomic mass is 10.0. The van der Waals surface area contributed by atoms with Crippen molar-refractivity contribution in [2.24, 2.45) is 0 Å². The van der Waals surface area contributed by atoms with Crippen LogP contribution in [-0.2, 0) is 16.0 Å². The minimum absolute atomic E-state index is 0.328. The molecule has 0 saturated carbocycles. The molecule has 1 heterocycles. The van der Waals surface area contributed by atoms with Crippen molar-refractivity contribution in [1.29, 1.82) is 0 Å². The van der Waals surface area contributed by atoms with Gasteiger partial charge in [-0.25, -0.2) is 9.59 Å². The molecule has 2 aromatic carbocycles. The van der Waals surface area contributed by atoms with Gasteiger partial charge in [-0.05, 0) is 23.6 Å². The van der Waals surface area contributed by atoms with Gasteiger partial charge in [0.1, 0.15) is 5.69 Å². The smallest absolute Gasteiger partial charge is 0.355 e. The van der Waals surface area contributed by atoms with E-state index >= 15 is 0 Å². The number of hydrogen-bond donors (Lipinski definition) is 3. The van der Waals surface area contributed by atoms with Crippen LogP contribution in [0.1, 0.15) is 21.6 Å². The zero-order valence-corrected chi connectivity index (χ0v) is 14.7. The van der Waals surface area contributed by atoms with Gasteiger partial charge in [0.15, 0.2) is 6.61 Å². The van der Waals surface area contributed by atoms with Gasteiger partial charge < -0.3 is 15.0 Å². The highest BCUT2D eigenvalue weighted by atomic mass is 16.5. The number of esters is 1. The zero-order valence-electron chi connectivity index (χ0n) is 14.7. The van der Waals surface area contributed by atoms with E-state index in [2.05, 4.69) is 10.3 Å². The molecule has 0 unspecified atom stereocenters. The summed E-state index contributed by atoms with van der Waals surface area (Å²) in [5.41, 5.74) is 0.706. The van der Waals surface area contributed by atoms with Gasteiger partial charge in [-0.15, -0.1) is 0 Å². The third-order valence-corrected chi connectivity index (χ3v) is 3.84. The second kappa shape index (κ2) is 8.63. The number of ether oxygens (including phenoxy) is 1. The Bertz CT molecular complexity index is 1070. The second-order valence-electron chi connectivity index (χ2n) is 5.95. The molecule has 0 aliphatic heterocycles. The van der Waals surface area contributed by atoms with Crippen molar-refractivity contribution >= 4 is 17.6 Å². The predicted octanol–water partition coefficient (Wildman–Crippen LogP) is 1.45. The Labute approximate surface area is 159 Å². The number of amides is 1. The first-order valence-corrected chi connectivity index (χ1v) is 8.44. The fourth-order valence-electron chi connectivity index (χ4n) is 2.59. The fourth-order valence-corrected chi connectivity index (χ4v) is 2.59. The fraction of sp³-hybridized carbons (Fsp3) is 0.100. The molecule has 0 spiro atoms. The summed E-state index contributed by atoms with van der Waals surface area (Å²) in [6.45, 7) is -0.562. The molecule has 1 amide bonds. The van der Waals surface area contributed by atoms with E-state index in [1.807, 2.05) is 47.4 Å². The molecule has 0 saturated heterocycles. The molecule has 8 heteroatoms. The van der Waals surface area contributed by atoms with Crippen molar-refractivity contribution in [3.63, 3.8) is 0 Å². The van der Waals surface area contributed by atoms with E-state index in [9.17, 15) is 19.2 Å². The van der Waals surface area contributed by atoms with Gasteiger partial charge in [0.25, 0.3) is 11.5 Å². The molecule has 3 N–H and O–H groups in total. The van der Waals surface area contributed by atoms with E-state index in [4.69, 9.17) is 4.74 Å². The van der Waals surface area contributed by atoms with Crippen molar-refractivity contribution in [3.8, 4) is 0 Å². The maximum absolute atomic E-state index is 12.2. The molecule has 0 aliphatic carbocycles. The molecule has 8 nitrogen and oxygen atoms in total. The van der Waals surface area contributed by atoms with Crippen LogP contribution in [0.5, 0.6) is 0 Å². The van der Waals surface area contributed by atoms with E-state index in [0.717, 1.165) is 17.2 Å². The van der Waals surface area contributed by atoms with E-state index in [1.54, 1.807) is 12.1 Å². The molecule has 142 valence electrons. The van der Waals surface area contributed by atoms with Crippen LogP contribution in [-0.4, -0.2) is 28.5 Å². The summed E-state index contributed by atoms with van der Waals surface area (Å²) in [6.07, 6.45) is 0.630. The van der Waals surface area contributed by atoms with Crippen molar-refractivity contribution < 1.29 is 14.3 Å². The zero-order chi connectivity index (χ0) is 19.9. The molecule has 0 fully saturated rings. The number of nitrogens with one attached hydrogen (secondary N) is 3. The standard InChI is InChI=1S/C20H17N3O5/c24-17-11-16(22-20(27)23-17)19(26)28-12-18(25)21-15-9-5-4-8-14(15)10-13-6-2-1-3-7-13/h1-9,11H,10,12H2,(H,21,25)(H2,22,23,24,27). The van der Waals surface area contributed by atoms with E-state index in [0.29, 0.717) is 12.1 Å². The number of H-pyrrole nitrogens is 2. The van der Waals surface area contributed by atoms with E-state index in [1.165, 1.54) is 0 Å². The van der Waals surface area contributed by atoms with Gasteiger partial charge in [-0.1, -0.05) is 48.5 Å². The number of aromatic amines is 2. The van der Waals surface area contributed by atoms with Crippen LogP contribution in [0, 0.1) is 0 Å². The number of benzene rings is 2. The Hall–Kier alpha value is -3.94. The molecule has 0 radical (unpaired) electrons. The average molecular weight is 379 g/mol. The van der Waals surface area contributed by atoms with Crippen molar-refractivity contribution in [3.05, 3.63) is 98.3 Å². The van der Waals surface area contributed by atoms with Crippen LogP contribution in [0.2, 0.25) is 0 Å². The molecule has 0 atom stereocenters. The largest absolute Gasteiger partial charge is 0.451 e. The number of hydrogen-bond acceptors (Lipinski definition) is 5. The number of rotatable bonds is 6. The highest BCUT2D eigenvalue weighted by molar-refractivity contribution is 5.95. The summed E-state index contributed by atoms with van der Waals surface area (Å²) in [5.74, 6) is -1.52. The first-order valence-electron chi connectivity index (χ1n) is 8.44. The van der Waals surface area contributed by atoms with Crippen LogP contribution in [0.4, 0.5) is 5.69 Å². The van der Waals surface area contributed by atoms with Crippen molar-refractivity contribution in [1.82, 2.24) is 9.97 Å². The first kappa shape index (κ1) is 18.8. The summed E-state index contributed by atoms with van der Waals surface area (Å²) in [6, 6.07) is 18.0. The number of anilines is 1. The van der Waals surface area contributed by atoms with Gasteiger partial charge in [0.2, 0.25) is 0 Å².